The Hall–Kier alpha value is -0.890. The molecule has 1 saturated carbocycles. The van der Waals surface area contributed by atoms with Crippen molar-refractivity contribution in [3.8, 4) is 0 Å². The standard InChI is InChI=1S/C18H14Cl4FNO4/c1-27-18(28-2)16(21)10-11(17(18,22)13(20)12(16)19)15(26)24(14(10)25)7-8-3-5-9(23)6-4-8/h3-6,10-11H,7H2,1-2H3/t10-,11+,16-,17-/m0/s1. The molecule has 10 heteroatoms. The third-order valence-corrected chi connectivity index (χ3v) is 8.48. The second-order valence-corrected chi connectivity index (χ2v) is 8.87. The van der Waals surface area contributed by atoms with Gasteiger partial charge >= 0.3 is 0 Å². The number of alkyl halides is 2. The average molecular weight is 469 g/mol. The molecule has 0 aromatic heterocycles. The van der Waals surface area contributed by atoms with Crippen LogP contribution < -0.4 is 0 Å². The Balaban J connectivity index is 1.81. The summed E-state index contributed by atoms with van der Waals surface area (Å²) in [6, 6.07) is 5.46. The van der Waals surface area contributed by atoms with Crippen molar-refractivity contribution in [1.82, 2.24) is 4.90 Å². The fourth-order valence-corrected chi connectivity index (χ4v) is 6.85. The molecule has 1 aliphatic heterocycles. The van der Waals surface area contributed by atoms with Crippen LogP contribution in [-0.2, 0) is 25.6 Å². The van der Waals surface area contributed by atoms with E-state index in [0.717, 1.165) is 4.90 Å². The van der Waals surface area contributed by atoms with Crippen LogP contribution in [0.3, 0.4) is 0 Å². The maximum atomic E-state index is 13.2. The first-order valence-electron chi connectivity index (χ1n) is 8.25. The molecule has 28 heavy (non-hydrogen) atoms. The maximum absolute atomic E-state index is 13.2. The summed E-state index contributed by atoms with van der Waals surface area (Å²) in [6.07, 6.45) is 0. The normalized spacial score (nSPS) is 35.9. The number of rotatable bonds is 4. The summed E-state index contributed by atoms with van der Waals surface area (Å²) in [6.45, 7) is -0.0624. The van der Waals surface area contributed by atoms with E-state index in [2.05, 4.69) is 0 Å². The second kappa shape index (κ2) is 6.30. The summed E-state index contributed by atoms with van der Waals surface area (Å²) >= 11 is 26.5. The number of likely N-dealkylation sites (tertiary alicyclic amines) is 1. The molecule has 0 spiro atoms. The van der Waals surface area contributed by atoms with Gasteiger partial charge in [-0.3, -0.25) is 14.5 Å². The van der Waals surface area contributed by atoms with Gasteiger partial charge in [-0.25, -0.2) is 4.39 Å². The molecule has 4 atom stereocenters. The van der Waals surface area contributed by atoms with Crippen LogP contribution in [0.1, 0.15) is 5.56 Å². The summed E-state index contributed by atoms with van der Waals surface area (Å²) in [7, 11) is 2.59. The minimum Gasteiger partial charge on any atom is -0.350 e. The van der Waals surface area contributed by atoms with Gasteiger partial charge in [0.15, 0.2) is 0 Å². The Kier molecular flexibility index (Phi) is 4.59. The molecule has 0 unspecified atom stereocenters. The molecule has 2 amide bonds. The zero-order valence-electron chi connectivity index (χ0n) is 14.6. The van der Waals surface area contributed by atoms with E-state index in [4.69, 9.17) is 55.9 Å². The highest BCUT2D eigenvalue weighted by Crippen LogP contribution is 2.75. The minimum atomic E-state index is -1.81. The van der Waals surface area contributed by atoms with Gasteiger partial charge in [0, 0.05) is 14.2 Å². The predicted octanol–water partition coefficient (Wildman–Crippen LogP) is 3.59. The summed E-state index contributed by atoms with van der Waals surface area (Å²) in [5, 5.41) is -0.166. The third-order valence-electron chi connectivity index (χ3n) is 5.87. The molecular weight excluding hydrogens is 455 g/mol. The number of imide groups is 1. The van der Waals surface area contributed by atoms with E-state index >= 15 is 0 Å². The second-order valence-electron chi connectivity index (χ2n) is 6.92. The molecular formula is C18H14Cl4FNO4. The van der Waals surface area contributed by atoms with Gasteiger partial charge in [0.1, 0.15) is 15.6 Å². The highest BCUT2D eigenvalue weighted by atomic mass is 35.5. The maximum Gasteiger partial charge on any atom is 0.235 e. The monoisotopic (exact) mass is 467 g/mol. The van der Waals surface area contributed by atoms with Crippen LogP contribution in [0.5, 0.6) is 0 Å². The van der Waals surface area contributed by atoms with E-state index in [9.17, 15) is 14.0 Å². The lowest BCUT2D eigenvalue weighted by molar-refractivity contribution is -0.222. The fraction of sp³-hybridized carbons (Fsp3) is 0.444. The Morgan fingerprint density at radius 1 is 0.964 bits per heavy atom. The smallest absolute Gasteiger partial charge is 0.235 e. The zero-order valence-corrected chi connectivity index (χ0v) is 17.7. The Morgan fingerprint density at radius 3 is 1.79 bits per heavy atom. The van der Waals surface area contributed by atoms with E-state index in [1.54, 1.807) is 0 Å². The average Bonchev–Trinajstić information content (AvgIpc) is 3.08. The predicted molar refractivity (Wildman–Crippen MR) is 102 cm³/mol. The lowest BCUT2D eigenvalue weighted by Gasteiger charge is -2.42. The molecule has 2 aliphatic carbocycles. The molecule has 1 heterocycles. The Morgan fingerprint density at radius 2 is 1.39 bits per heavy atom. The van der Waals surface area contributed by atoms with Gasteiger partial charge in [0.05, 0.1) is 28.4 Å². The van der Waals surface area contributed by atoms with Crippen LogP contribution in [0, 0.1) is 17.7 Å². The largest absolute Gasteiger partial charge is 0.350 e. The van der Waals surface area contributed by atoms with E-state index in [1.807, 2.05) is 0 Å². The van der Waals surface area contributed by atoms with Gasteiger partial charge in [0.25, 0.3) is 0 Å². The van der Waals surface area contributed by atoms with Gasteiger partial charge in [0.2, 0.25) is 17.6 Å². The van der Waals surface area contributed by atoms with Crippen molar-refractivity contribution < 1.29 is 23.5 Å². The summed E-state index contributed by atoms with van der Waals surface area (Å²) in [5.74, 6) is -5.64. The van der Waals surface area contributed by atoms with E-state index in [1.165, 1.54) is 38.5 Å². The third kappa shape index (κ3) is 2.02. The number of carbonyl (C=O) groups excluding carboxylic acids is 2. The first kappa shape index (κ1) is 20.4. The van der Waals surface area contributed by atoms with Crippen molar-refractivity contribution in [2.75, 3.05) is 14.2 Å². The molecule has 4 rings (SSSR count). The van der Waals surface area contributed by atoms with Crippen molar-refractivity contribution in [2.45, 2.75) is 22.1 Å². The van der Waals surface area contributed by atoms with Crippen molar-refractivity contribution in [3.05, 3.63) is 45.7 Å². The summed E-state index contributed by atoms with van der Waals surface area (Å²) in [4.78, 5) is 24.0. The molecule has 1 aromatic carbocycles. The Labute approximate surface area is 180 Å². The van der Waals surface area contributed by atoms with Crippen molar-refractivity contribution in [2.24, 2.45) is 11.8 Å². The molecule has 5 nitrogen and oxygen atoms in total. The first-order valence-corrected chi connectivity index (χ1v) is 9.77. The minimum absolute atomic E-state index is 0.0624. The number of methoxy groups -OCH3 is 2. The van der Waals surface area contributed by atoms with Crippen LogP contribution >= 0.6 is 46.4 Å². The summed E-state index contributed by atoms with van der Waals surface area (Å²) < 4.78 is 24.2. The van der Waals surface area contributed by atoms with Crippen molar-refractivity contribution in [1.29, 1.82) is 0 Å². The van der Waals surface area contributed by atoms with Crippen LogP contribution in [0.4, 0.5) is 4.39 Å². The van der Waals surface area contributed by atoms with E-state index < -0.39 is 45.0 Å². The zero-order chi connectivity index (χ0) is 20.6. The number of hydrogen-bond acceptors (Lipinski definition) is 4. The number of halogens is 5. The lowest BCUT2D eigenvalue weighted by atomic mass is 9.84. The highest BCUT2D eigenvalue weighted by Gasteiger charge is 2.89. The molecule has 1 aromatic rings. The molecule has 2 fully saturated rings. The lowest BCUT2D eigenvalue weighted by Crippen LogP contribution is -2.60. The SMILES string of the molecule is COC1(OC)[C@@]2(Cl)C(Cl)=C(Cl)[C@@]1(Cl)[C@H]1C(=O)N(Cc3ccc(F)cc3)C(=O)[C@H]12. The van der Waals surface area contributed by atoms with Gasteiger partial charge in [-0.05, 0) is 17.7 Å². The van der Waals surface area contributed by atoms with Crippen LogP contribution in [-0.4, -0.2) is 46.5 Å². The van der Waals surface area contributed by atoms with Crippen molar-refractivity contribution in [3.63, 3.8) is 0 Å². The number of fused-ring (bicyclic) bond motifs is 5. The molecule has 150 valence electrons. The van der Waals surface area contributed by atoms with Crippen molar-refractivity contribution >= 4 is 58.2 Å². The van der Waals surface area contributed by atoms with Crippen LogP contribution in [0.25, 0.3) is 0 Å². The number of ether oxygens (including phenoxy) is 2. The van der Waals surface area contributed by atoms with Gasteiger partial charge < -0.3 is 9.47 Å². The molecule has 0 radical (unpaired) electrons. The van der Waals surface area contributed by atoms with E-state index in [0.29, 0.717) is 5.56 Å². The number of carbonyl (C=O) groups is 2. The molecule has 3 aliphatic rings. The number of benzene rings is 1. The fourth-order valence-electron chi connectivity index (χ4n) is 4.69. The van der Waals surface area contributed by atoms with Gasteiger partial charge in [-0.2, -0.15) is 0 Å². The molecule has 0 N–H and O–H groups in total. The summed E-state index contributed by atoms with van der Waals surface area (Å²) in [5.41, 5.74) is 0.567. The van der Waals surface area contributed by atoms with Gasteiger partial charge in [-0.15, -0.1) is 23.2 Å². The van der Waals surface area contributed by atoms with Crippen LogP contribution in [0.2, 0.25) is 0 Å². The number of nitrogens with zero attached hydrogens (tertiary/aromatic N) is 1. The highest BCUT2D eigenvalue weighted by molar-refractivity contribution is 6.53. The number of hydrogen-bond donors (Lipinski definition) is 0. The number of amides is 2. The first-order chi connectivity index (χ1) is 13.1. The molecule has 1 saturated heterocycles. The quantitative estimate of drug-likeness (QED) is 0.385. The van der Waals surface area contributed by atoms with Gasteiger partial charge in [-0.1, -0.05) is 35.3 Å². The topological polar surface area (TPSA) is 55.8 Å². The van der Waals surface area contributed by atoms with E-state index in [-0.39, 0.29) is 16.6 Å². The Bertz CT molecular complexity index is 873. The molecule has 2 bridgehead atoms. The van der Waals surface area contributed by atoms with Crippen LogP contribution in [0.15, 0.2) is 34.3 Å².